The van der Waals surface area contributed by atoms with Crippen LogP contribution in [0.25, 0.3) is 0 Å². The van der Waals surface area contributed by atoms with Gasteiger partial charge in [0.05, 0.1) is 12.2 Å². The summed E-state index contributed by atoms with van der Waals surface area (Å²) < 4.78 is 6.95. The van der Waals surface area contributed by atoms with Crippen molar-refractivity contribution in [3.05, 3.63) is 199 Å². The van der Waals surface area contributed by atoms with E-state index in [4.69, 9.17) is 4.74 Å². The van der Waals surface area contributed by atoms with Gasteiger partial charge in [-0.2, -0.15) is 0 Å². The zero-order chi connectivity index (χ0) is 50.8. The molecule has 0 saturated heterocycles. The molecule has 12 aliphatic rings. The van der Waals surface area contributed by atoms with Gasteiger partial charge in [-0.25, -0.2) is 0 Å². The monoisotopic (exact) mass is 1010 g/mol. The lowest BCUT2D eigenvalue weighted by Crippen LogP contribution is -2.50. The highest BCUT2D eigenvalue weighted by Gasteiger charge is 2.64. The standard InChI is InChI=1S/C73H90N2O/c1-2-51-31-42-65(43-32-51)76-66-44-37-59(38-45-66)73(60-36-33-53-19-9-10-20-56(53)48-60)70-29-13-11-28-68(70)69-46-41-64(50-71(69)73)75(63-26-16-22-57(49-63)52-17-5-3-6-18-52)62-39-34-54(35-40-62)55-21-15-23-58(47-55)67-27-12-14-30-72(67)74-61-24-7-4-8-25-61/h2-5,7-8,10,13,15-16,20-21,24-26,29-32,34,37,39,41-42,46-47,49,52-54,56-58,60,62,64-71,74H,1,6,9,11-12,14,17-19,22-23,27-28,33,35-36,38,40,43-45,48,50H2. The van der Waals surface area contributed by atoms with Gasteiger partial charge in [0.25, 0.3) is 0 Å². The minimum Gasteiger partial charge on any atom is -0.370 e. The molecule has 0 bridgehead atoms. The Morgan fingerprint density at radius 3 is 2.33 bits per heavy atom. The predicted octanol–water partition coefficient (Wildman–Crippen LogP) is 18.2. The number of ether oxygens (including phenoxy) is 1. The molecule has 0 radical (unpaired) electrons. The molecule has 0 aliphatic heterocycles. The SMILES string of the molecule is C=CC1=CCC(OC2CC=C(C3(C4CCC5CCC=CC5C4)C4C=CCCC4C4C=CC(N(C5=CC(C6CC=CCC6)CC=C5)C5C=CC(C6=CC(C7CCCC=C7Nc7ccccc7)CC=C6)CC5)CC43)CC2)C=C1. The first-order valence-electron chi connectivity index (χ1n) is 31.4. The van der Waals surface area contributed by atoms with Crippen molar-refractivity contribution >= 4 is 5.69 Å². The van der Waals surface area contributed by atoms with Crippen LogP contribution in [-0.4, -0.2) is 29.2 Å². The molecule has 0 aromatic heterocycles. The van der Waals surface area contributed by atoms with Crippen LogP contribution in [-0.2, 0) is 4.74 Å². The molecule has 13 rings (SSSR count). The summed E-state index contributed by atoms with van der Waals surface area (Å²) in [6.07, 6.45) is 84.2. The zero-order valence-corrected chi connectivity index (χ0v) is 45.9. The Labute approximate surface area is 459 Å². The van der Waals surface area contributed by atoms with E-state index in [1.165, 1.54) is 138 Å². The van der Waals surface area contributed by atoms with Crippen LogP contribution in [0.1, 0.15) is 141 Å². The highest BCUT2D eigenvalue weighted by molar-refractivity contribution is 5.49. The topological polar surface area (TPSA) is 24.5 Å². The molecule has 3 nitrogen and oxygen atoms in total. The van der Waals surface area contributed by atoms with E-state index in [1.807, 2.05) is 11.6 Å². The first-order valence-corrected chi connectivity index (χ1v) is 31.4. The van der Waals surface area contributed by atoms with Crippen molar-refractivity contribution in [2.75, 3.05) is 5.32 Å². The molecule has 1 N–H and O–H groups in total. The van der Waals surface area contributed by atoms with Crippen molar-refractivity contribution in [1.82, 2.24) is 4.90 Å². The van der Waals surface area contributed by atoms with Crippen LogP contribution in [0.5, 0.6) is 0 Å². The number of benzene rings is 1. The van der Waals surface area contributed by atoms with E-state index in [-0.39, 0.29) is 11.5 Å². The minimum atomic E-state index is 0.173. The second-order valence-corrected chi connectivity index (χ2v) is 25.9. The van der Waals surface area contributed by atoms with Gasteiger partial charge in [0.15, 0.2) is 0 Å². The summed E-state index contributed by atoms with van der Waals surface area (Å²) in [5.41, 5.74) is 8.99. The maximum Gasteiger partial charge on any atom is 0.0797 e. The van der Waals surface area contributed by atoms with Crippen LogP contribution in [0, 0.1) is 76.4 Å². The van der Waals surface area contributed by atoms with Crippen molar-refractivity contribution in [2.45, 2.75) is 166 Å². The van der Waals surface area contributed by atoms with Crippen LogP contribution in [0.4, 0.5) is 5.69 Å². The van der Waals surface area contributed by atoms with Crippen molar-refractivity contribution in [1.29, 1.82) is 0 Å². The van der Waals surface area contributed by atoms with Crippen molar-refractivity contribution in [3.8, 4) is 0 Å². The highest BCUT2D eigenvalue weighted by atomic mass is 16.5. The van der Waals surface area contributed by atoms with Gasteiger partial charge in [-0.3, -0.25) is 0 Å². The van der Waals surface area contributed by atoms with Gasteiger partial charge in [-0.1, -0.05) is 158 Å². The number of rotatable bonds is 13. The van der Waals surface area contributed by atoms with E-state index < -0.39 is 0 Å². The molecule has 76 heavy (non-hydrogen) atoms. The average molecular weight is 1010 g/mol. The number of hydrogen-bond donors (Lipinski definition) is 1. The lowest BCUT2D eigenvalue weighted by Gasteiger charge is -2.55. The molecule has 12 aliphatic carbocycles. The van der Waals surface area contributed by atoms with Gasteiger partial charge in [-0.15, -0.1) is 0 Å². The smallest absolute Gasteiger partial charge is 0.0797 e. The fraction of sp³-hybridized carbons (Fsp3) is 0.534. The molecule has 2 fully saturated rings. The molecular weight excluding hydrogens is 921 g/mol. The van der Waals surface area contributed by atoms with Crippen molar-refractivity contribution < 1.29 is 4.74 Å². The second kappa shape index (κ2) is 22.8. The number of allylic oxidation sites excluding steroid dienone is 21. The highest BCUT2D eigenvalue weighted by Crippen LogP contribution is 2.70. The average Bonchev–Trinajstić information content (AvgIpc) is 3.79. The molecule has 3 heteroatoms. The Bertz CT molecular complexity index is 2670. The number of hydrogen-bond acceptors (Lipinski definition) is 3. The molecule has 17 atom stereocenters. The third-order valence-corrected chi connectivity index (χ3v) is 22.0. The number of nitrogens with one attached hydrogen (secondary N) is 1. The van der Waals surface area contributed by atoms with E-state index >= 15 is 0 Å². The van der Waals surface area contributed by atoms with Gasteiger partial charge in [0, 0.05) is 46.4 Å². The van der Waals surface area contributed by atoms with Crippen LogP contribution < -0.4 is 5.32 Å². The molecule has 1 aromatic rings. The Balaban J connectivity index is 0.825. The first kappa shape index (κ1) is 50.6. The van der Waals surface area contributed by atoms with E-state index in [2.05, 4.69) is 175 Å². The fourth-order valence-corrected chi connectivity index (χ4v) is 18.5. The molecular formula is C73H90N2O. The zero-order valence-electron chi connectivity index (χ0n) is 45.9. The molecule has 0 amide bonds. The van der Waals surface area contributed by atoms with Crippen LogP contribution in [0.3, 0.4) is 0 Å². The van der Waals surface area contributed by atoms with E-state index in [1.54, 1.807) is 5.57 Å². The maximum absolute atomic E-state index is 6.95. The third kappa shape index (κ3) is 10.1. The largest absolute Gasteiger partial charge is 0.370 e. The summed E-state index contributed by atoms with van der Waals surface area (Å²) in [6, 6.07) is 11.6. The molecule has 398 valence electrons. The van der Waals surface area contributed by atoms with Gasteiger partial charge >= 0.3 is 0 Å². The predicted molar refractivity (Wildman–Crippen MR) is 318 cm³/mol. The van der Waals surface area contributed by atoms with Gasteiger partial charge in [-0.05, 0) is 230 Å². The maximum atomic E-state index is 6.95. The molecule has 0 heterocycles. The third-order valence-electron chi connectivity index (χ3n) is 22.0. The summed E-state index contributed by atoms with van der Waals surface area (Å²) in [5.74, 6) is 7.90. The van der Waals surface area contributed by atoms with Crippen LogP contribution >= 0.6 is 0 Å². The summed E-state index contributed by atoms with van der Waals surface area (Å²) in [7, 11) is 0. The van der Waals surface area contributed by atoms with Gasteiger partial charge in [0.1, 0.15) is 0 Å². The second-order valence-electron chi connectivity index (χ2n) is 25.9. The molecule has 1 aromatic carbocycles. The first-order chi connectivity index (χ1) is 37.6. The van der Waals surface area contributed by atoms with Gasteiger partial charge < -0.3 is 15.0 Å². The van der Waals surface area contributed by atoms with Gasteiger partial charge in [0.2, 0.25) is 0 Å². The lowest BCUT2D eigenvalue weighted by atomic mass is 9.50. The van der Waals surface area contributed by atoms with Crippen molar-refractivity contribution in [3.63, 3.8) is 0 Å². The summed E-state index contributed by atoms with van der Waals surface area (Å²) in [5, 5.41) is 3.88. The van der Waals surface area contributed by atoms with E-state index in [9.17, 15) is 0 Å². The quantitative estimate of drug-likeness (QED) is 0.199. The Hall–Kier alpha value is -4.86. The van der Waals surface area contributed by atoms with Crippen molar-refractivity contribution in [2.24, 2.45) is 76.4 Å². The Morgan fingerprint density at radius 1 is 0.618 bits per heavy atom. The number of para-hydroxylation sites is 1. The lowest BCUT2D eigenvalue weighted by molar-refractivity contribution is -0.00544. The van der Waals surface area contributed by atoms with Crippen LogP contribution in [0.2, 0.25) is 0 Å². The molecule has 0 spiro atoms. The summed E-state index contributed by atoms with van der Waals surface area (Å²) in [6.45, 7) is 4.02. The van der Waals surface area contributed by atoms with Crippen LogP contribution in [0.15, 0.2) is 199 Å². The Morgan fingerprint density at radius 2 is 1.49 bits per heavy atom. The Kier molecular flexibility index (Phi) is 15.2. The number of fused-ring (bicyclic) bond motifs is 4. The normalized spacial score (nSPS) is 40.4. The fourth-order valence-electron chi connectivity index (χ4n) is 18.5. The molecule has 17 unspecified atom stereocenters. The molecule has 2 saturated carbocycles. The minimum absolute atomic E-state index is 0.173. The summed E-state index contributed by atoms with van der Waals surface area (Å²) in [4.78, 5) is 3.02. The number of anilines is 1. The number of nitrogens with zero attached hydrogens (tertiary/aromatic N) is 1. The van der Waals surface area contributed by atoms with E-state index in [0.29, 0.717) is 59.6 Å². The summed E-state index contributed by atoms with van der Waals surface area (Å²) >= 11 is 0. The van der Waals surface area contributed by atoms with E-state index in [0.717, 1.165) is 55.3 Å².